The molecule has 10 heteroatoms. The number of hydrogen-bond donors (Lipinski definition) is 0. The number of fused-ring (bicyclic) bond motifs is 1. The van der Waals surface area contributed by atoms with Crippen molar-refractivity contribution in [1.82, 2.24) is 0 Å². The maximum Gasteiger partial charge on any atom is 0.373 e. The van der Waals surface area contributed by atoms with E-state index in [4.69, 9.17) is 37.9 Å². The minimum Gasteiger partial charge on any atom is -0.430 e. The zero-order chi connectivity index (χ0) is 29.0. The van der Waals surface area contributed by atoms with E-state index in [9.17, 15) is 9.59 Å². The van der Waals surface area contributed by atoms with Crippen molar-refractivity contribution in [3.8, 4) is 11.5 Å². The van der Waals surface area contributed by atoms with Crippen LogP contribution in [0.4, 0.5) is 0 Å². The van der Waals surface area contributed by atoms with E-state index in [0.29, 0.717) is 24.7 Å². The number of hydrogen-bond acceptors (Lipinski definition) is 10. The third-order valence-electron chi connectivity index (χ3n) is 6.78. The largest absolute Gasteiger partial charge is 0.430 e. The summed E-state index contributed by atoms with van der Waals surface area (Å²) in [6, 6.07) is 10.9. The third kappa shape index (κ3) is 7.63. The summed E-state index contributed by atoms with van der Waals surface area (Å²) in [7, 11) is 0. The second-order valence-corrected chi connectivity index (χ2v) is 10.7. The second kappa shape index (κ2) is 11.9. The average Bonchev–Trinajstić information content (AvgIpc) is 3.88. The van der Waals surface area contributed by atoms with E-state index in [1.165, 1.54) is 0 Å². The molecule has 4 atom stereocenters. The lowest BCUT2D eigenvalue weighted by atomic mass is 10.1. The second-order valence-electron chi connectivity index (χ2n) is 10.7. The van der Waals surface area contributed by atoms with Crippen molar-refractivity contribution in [2.45, 2.75) is 90.4 Å². The van der Waals surface area contributed by atoms with Gasteiger partial charge in [0.1, 0.15) is 22.7 Å². The number of epoxide rings is 2. The van der Waals surface area contributed by atoms with Gasteiger partial charge in [-0.05, 0) is 48.9 Å². The van der Waals surface area contributed by atoms with Gasteiger partial charge in [0.05, 0.1) is 39.3 Å². The third-order valence-corrected chi connectivity index (χ3v) is 6.78. The van der Waals surface area contributed by atoms with Gasteiger partial charge in [0.25, 0.3) is 0 Å². The zero-order valence-electron chi connectivity index (χ0n) is 24.2. The van der Waals surface area contributed by atoms with Gasteiger partial charge in [-0.3, -0.25) is 9.59 Å². The van der Waals surface area contributed by atoms with E-state index in [1.54, 1.807) is 38.1 Å². The highest BCUT2D eigenvalue weighted by Crippen LogP contribution is 2.35. The first-order valence-corrected chi connectivity index (χ1v) is 13.9. The molecule has 2 aromatic carbocycles. The molecule has 0 bridgehead atoms. The van der Waals surface area contributed by atoms with Crippen LogP contribution in [0, 0.1) is 0 Å². The van der Waals surface area contributed by atoms with Gasteiger partial charge in [0.2, 0.25) is 0 Å². The van der Waals surface area contributed by atoms with E-state index in [2.05, 4.69) is 0 Å². The summed E-state index contributed by atoms with van der Waals surface area (Å²) in [5.74, 6) is -3.22. The van der Waals surface area contributed by atoms with Crippen LogP contribution in [0.1, 0.15) is 67.2 Å². The molecule has 0 aromatic heterocycles. The molecule has 2 saturated heterocycles. The Balaban J connectivity index is 1.58. The molecular weight excluding hydrogens is 520 g/mol. The molecule has 0 aliphatic carbocycles. The number of benzene rings is 2. The predicted octanol–water partition coefficient (Wildman–Crippen LogP) is 5.24. The fourth-order valence-electron chi connectivity index (χ4n) is 3.77. The molecule has 0 saturated carbocycles. The molecule has 4 rings (SSSR count). The maximum absolute atomic E-state index is 12.3. The Labute approximate surface area is 235 Å². The molecule has 2 aromatic rings. The normalized spacial score (nSPS) is 24.4. The summed E-state index contributed by atoms with van der Waals surface area (Å²) < 4.78 is 46.6. The van der Waals surface area contributed by atoms with Gasteiger partial charge in [0.15, 0.2) is 0 Å². The summed E-state index contributed by atoms with van der Waals surface area (Å²) in [6.07, 6.45) is 0.876. The number of esters is 2. The van der Waals surface area contributed by atoms with Crippen molar-refractivity contribution < 1.29 is 47.5 Å². The van der Waals surface area contributed by atoms with E-state index in [-0.39, 0.29) is 38.9 Å². The van der Waals surface area contributed by atoms with E-state index in [0.717, 1.165) is 10.8 Å². The van der Waals surface area contributed by atoms with Crippen LogP contribution in [0.15, 0.2) is 36.4 Å². The van der Waals surface area contributed by atoms with E-state index in [1.807, 2.05) is 39.8 Å². The Morgan fingerprint density at radius 1 is 0.725 bits per heavy atom. The maximum atomic E-state index is 12.3. The summed E-state index contributed by atoms with van der Waals surface area (Å²) >= 11 is 0. The Bertz CT molecular complexity index is 1120. The SMILES string of the molecule is CCC(=O)OC(CC)(OCC1(C)CO1)Oc1ccc2ccc(OC(CC)(OCC3(C)CO3)OC(=O)CC)cc2c1. The first-order chi connectivity index (χ1) is 19.0. The molecule has 0 radical (unpaired) electrons. The Morgan fingerprint density at radius 2 is 1.12 bits per heavy atom. The van der Waals surface area contributed by atoms with Crippen molar-refractivity contribution in [1.29, 1.82) is 0 Å². The van der Waals surface area contributed by atoms with Crippen molar-refractivity contribution in [3.05, 3.63) is 36.4 Å². The number of carbonyl (C=O) groups excluding carboxylic acids is 2. The minimum absolute atomic E-state index is 0.176. The number of carbonyl (C=O) groups is 2. The molecule has 2 fully saturated rings. The van der Waals surface area contributed by atoms with E-state index < -0.39 is 35.1 Å². The van der Waals surface area contributed by atoms with Crippen LogP contribution in [0.3, 0.4) is 0 Å². The fourth-order valence-corrected chi connectivity index (χ4v) is 3.77. The fraction of sp³-hybridized carbons (Fsp3) is 0.600. The number of ether oxygens (including phenoxy) is 8. The highest BCUT2D eigenvalue weighted by atomic mass is 16.9. The lowest BCUT2D eigenvalue weighted by Crippen LogP contribution is -2.45. The first kappa shape index (κ1) is 30.0. The Morgan fingerprint density at radius 3 is 1.45 bits per heavy atom. The van der Waals surface area contributed by atoms with E-state index >= 15 is 0 Å². The molecule has 2 aliphatic rings. The van der Waals surface area contributed by atoms with Crippen molar-refractivity contribution in [2.24, 2.45) is 0 Å². The van der Waals surface area contributed by atoms with Crippen LogP contribution < -0.4 is 9.47 Å². The summed E-state index contributed by atoms with van der Waals surface area (Å²) in [5, 5.41) is 1.70. The van der Waals surface area contributed by atoms with Crippen LogP contribution in [-0.2, 0) is 38.0 Å². The van der Waals surface area contributed by atoms with Gasteiger partial charge in [0, 0.05) is 12.8 Å². The van der Waals surface area contributed by atoms with Gasteiger partial charge < -0.3 is 37.9 Å². The van der Waals surface area contributed by atoms with Crippen LogP contribution in [0.25, 0.3) is 10.8 Å². The molecule has 0 amide bonds. The zero-order valence-corrected chi connectivity index (χ0v) is 24.2. The van der Waals surface area contributed by atoms with Gasteiger partial charge >= 0.3 is 23.9 Å². The quantitative estimate of drug-likeness (QED) is 0.153. The molecule has 0 spiro atoms. The Hall–Kier alpha value is -2.92. The molecule has 4 unspecified atom stereocenters. The van der Waals surface area contributed by atoms with Crippen molar-refractivity contribution in [2.75, 3.05) is 26.4 Å². The van der Waals surface area contributed by atoms with Crippen LogP contribution >= 0.6 is 0 Å². The van der Waals surface area contributed by atoms with Gasteiger partial charge in [-0.1, -0.05) is 39.8 Å². The van der Waals surface area contributed by atoms with Crippen LogP contribution in [0.5, 0.6) is 11.5 Å². The highest BCUT2D eigenvalue weighted by Gasteiger charge is 2.46. The lowest BCUT2D eigenvalue weighted by molar-refractivity contribution is -0.331. The van der Waals surface area contributed by atoms with Gasteiger partial charge in [-0.2, -0.15) is 0 Å². The molecule has 220 valence electrons. The van der Waals surface area contributed by atoms with Crippen molar-refractivity contribution in [3.63, 3.8) is 0 Å². The highest BCUT2D eigenvalue weighted by molar-refractivity contribution is 5.85. The summed E-state index contributed by atoms with van der Waals surface area (Å²) in [4.78, 5) is 24.5. The standard InChI is InChI=1S/C30H40O10/c1-7-25(31)39-29(9-3,35-19-27(5)17-33-27)37-23-13-11-21-12-14-24(16-22(21)15-23)38-30(10-4,40-26(32)8-2)36-20-28(6)18-34-28/h11-16H,7-10,17-20H2,1-6H3. The predicted molar refractivity (Wildman–Crippen MR) is 145 cm³/mol. The molecule has 0 N–H and O–H groups in total. The topological polar surface area (TPSA) is 115 Å². The minimum atomic E-state index is -1.61. The molecule has 10 nitrogen and oxygen atoms in total. The van der Waals surface area contributed by atoms with Gasteiger partial charge in [-0.25, -0.2) is 0 Å². The average molecular weight is 561 g/mol. The van der Waals surface area contributed by atoms with Crippen molar-refractivity contribution >= 4 is 22.7 Å². The van der Waals surface area contributed by atoms with Crippen LogP contribution in [-0.4, -0.2) is 61.5 Å². The molecule has 2 heterocycles. The van der Waals surface area contributed by atoms with Gasteiger partial charge in [-0.15, -0.1) is 0 Å². The summed E-state index contributed by atoms with van der Waals surface area (Å²) in [6.45, 7) is 12.5. The number of rotatable bonds is 16. The monoisotopic (exact) mass is 560 g/mol. The first-order valence-electron chi connectivity index (χ1n) is 13.9. The molecule has 40 heavy (non-hydrogen) atoms. The lowest BCUT2D eigenvalue weighted by Gasteiger charge is -2.33. The van der Waals surface area contributed by atoms with Crippen LogP contribution in [0.2, 0.25) is 0 Å². The Kier molecular flexibility index (Phi) is 8.94. The molecule has 2 aliphatic heterocycles. The summed E-state index contributed by atoms with van der Waals surface area (Å²) in [5.41, 5.74) is -0.841. The smallest absolute Gasteiger partial charge is 0.373 e. The molecular formula is C30H40O10.